The number of ether oxygens (including phenoxy) is 3. The molecule has 1 atom stereocenters. The van der Waals surface area contributed by atoms with Crippen LogP contribution in [-0.4, -0.2) is 62.3 Å². The second-order valence-electron chi connectivity index (χ2n) is 10.3. The lowest BCUT2D eigenvalue weighted by Crippen LogP contribution is -2.43. The first-order valence-electron chi connectivity index (χ1n) is 13.2. The Morgan fingerprint density at radius 1 is 0.972 bits per heavy atom. The lowest BCUT2D eigenvalue weighted by Gasteiger charge is -2.33. The molecule has 0 aliphatic carbocycles. The normalized spacial score (nSPS) is 19.9. The monoisotopic (exact) mass is 486 g/mol. The summed E-state index contributed by atoms with van der Waals surface area (Å²) in [6.45, 7) is 5.11. The first kappa shape index (κ1) is 23.2. The van der Waals surface area contributed by atoms with Gasteiger partial charge in [0.05, 0.1) is 7.11 Å². The molecular formula is C30H34N2O4. The van der Waals surface area contributed by atoms with E-state index in [0.29, 0.717) is 11.7 Å². The quantitative estimate of drug-likeness (QED) is 0.495. The minimum Gasteiger partial charge on any atom is -0.497 e. The van der Waals surface area contributed by atoms with Crippen molar-refractivity contribution in [2.45, 2.75) is 32.1 Å². The number of likely N-dealkylation sites (tertiary alicyclic amines) is 1. The zero-order valence-electron chi connectivity index (χ0n) is 21.0. The molecule has 0 N–H and O–H groups in total. The topological polar surface area (TPSA) is 51.2 Å². The lowest BCUT2D eigenvalue weighted by molar-refractivity contribution is 0.0695. The number of rotatable bonds is 6. The van der Waals surface area contributed by atoms with Gasteiger partial charge in [-0.2, -0.15) is 0 Å². The van der Waals surface area contributed by atoms with Crippen molar-refractivity contribution in [3.63, 3.8) is 0 Å². The summed E-state index contributed by atoms with van der Waals surface area (Å²) in [7, 11) is 1.71. The molecule has 1 amide bonds. The Balaban J connectivity index is 1.08. The molecule has 6 rings (SSSR count). The number of benzene rings is 3. The molecule has 36 heavy (non-hydrogen) atoms. The third-order valence-electron chi connectivity index (χ3n) is 7.93. The molecule has 3 aromatic rings. The molecule has 3 aliphatic rings. The van der Waals surface area contributed by atoms with Crippen LogP contribution in [0.15, 0.2) is 48.5 Å². The lowest BCUT2D eigenvalue weighted by atomic mass is 9.95. The van der Waals surface area contributed by atoms with Gasteiger partial charge in [-0.25, -0.2) is 0 Å². The van der Waals surface area contributed by atoms with Gasteiger partial charge in [0.15, 0.2) is 11.5 Å². The minimum atomic E-state index is 0.137. The first-order chi connectivity index (χ1) is 17.7. The second kappa shape index (κ2) is 10.0. The van der Waals surface area contributed by atoms with Crippen molar-refractivity contribution in [3.05, 3.63) is 65.2 Å². The van der Waals surface area contributed by atoms with E-state index in [4.69, 9.17) is 14.2 Å². The Morgan fingerprint density at radius 2 is 1.81 bits per heavy atom. The number of hydrogen-bond acceptors (Lipinski definition) is 5. The maximum atomic E-state index is 13.3. The highest BCUT2D eigenvalue weighted by Crippen LogP contribution is 2.37. The van der Waals surface area contributed by atoms with Crippen LogP contribution in [-0.2, 0) is 12.8 Å². The van der Waals surface area contributed by atoms with Gasteiger partial charge >= 0.3 is 0 Å². The van der Waals surface area contributed by atoms with Crippen molar-refractivity contribution in [1.29, 1.82) is 0 Å². The summed E-state index contributed by atoms with van der Waals surface area (Å²) < 4.78 is 16.4. The summed E-state index contributed by atoms with van der Waals surface area (Å²) in [5.41, 5.74) is 3.23. The second-order valence-corrected chi connectivity index (χ2v) is 10.3. The number of carbonyl (C=O) groups is 1. The van der Waals surface area contributed by atoms with E-state index < -0.39 is 0 Å². The first-order valence-corrected chi connectivity index (χ1v) is 13.2. The molecular weight excluding hydrogens is 452 g/mol. The Morgan fingerprint density at radius 3 is 2.69 bits per heavy atom. The highest BCUT2D eigenvalue weighted by Gasteiger charge is 2.30. The minimum absolute atomic E-state index is 0.137. The molecule has 0 bridgehead atoms. The molecule has 0 aromatic heterocycles. The van der Waals surface area contributed by atoms with E-state index in [2.05, 4.69) is 40.1 Å². The summed E-state index contributed by atoms with van der Waals surface area (Å²) in [6, 6.07) is 16.9. The molecule has 0 spiro atoms. The fraction of sp³-hybridized carbons (Fsp3) is 0.433. The Hall–Kier alpha value is -3.25. The van der Waals surface area contributed by atoms with Gasteiger partial charge < -0.3 is 24.0 Å². The van der Waals surface area contributed by atoms with Crippen LogP contribution < -0.4 is 14.2 Å². The molecule has 1 fully saturated rings. The standard InChI is InChI=1S/C30H34N2O4/c1-34-26-8-7-23-14-21(5-6-24(23)15-26)9-12-31-11-3-2-4-22(18-31)19-32-13-10-25-16-28-29(36-20-35-28)17-27(25)30(32)33/h5-8,14-17,22H,2-4,9-13,18-20H2,1H3. The number of amides is 1. The molecule has 1 unspecified atom stereocenters. The van der Waals surface area contributed by atoms with Crippen molar-refractivity contribution in [3.8, 4) is 17.2 Å². The number of fused-ring (bicyclic) bond motifs is 3. The average Bonchev–Trinajstić information content (AvgIpc) is 3.25. The fourth-order valence-corrected chi connectivity index (χ4v) is 5.91. The Bertz CT molecular complexity index is 1270. The van der Waals surface area contributed by atoms with Gasteiger partial charge in [-0.15, -0.1) is 0 Å². The SMILES string of the molecule is COc1ccc2cc(CCN3CCCCC(CN4CCc5cc6c(cc5C4=O)OCO6)C3)ccc2c1. The predicted octanol–water partition coefficient (Wildman–Crippen LogP) is 4.92. The number of nitrogens with zero attached hydrogens (tertiary/aromatic N) is 2. The van der Waals surface area contributed by atoms with Gasteiger partial charge in [0.2, 0.25) is 6.79 Å². The van der Waals surface area contributed by atoms with Crippen LogP contribution in [0, 0.1) is 5.92 Å². The van der Waals surface area contributed by atoms with Gasteiger partial charge in [0, 0.05) is 31.7 Å². The van der Waals surface area contributed by atoms with Crippen LogP contribution >= 0.6 is 0 Å². The van der Waals surface area contributed by atoms with Gasteiger partial charge in [-0.05, 0) is 84.3 Å². The van der Waals surface area contributed by atoms with Gasteiger partial charge in [-0.1, -0.05) is 30.7 Å². The van der Waals surface area contributed by atoms with Crippen LogP contribution in [0.2, 0.25) is 0 Å². The Kier molecular flexibility index (Phi) is 6.45. The Labute approximate surface area is 212 Å². The van der Waals surface area contributed by atoms with Gasteiger partial charge in [-0.3, -0.25) is 4.79 Å². The largest absolute Gasteiger partial charge is 0.497 e. The fourth-order valence-electron chi connectivity index (χ4n) is 5.91. The molecule has 3 aliphatic heterocycles. The molecule has 188 valence electrons. The van der Waals surface area contributed by atoms with Crippen molar-refractivity contribution >= 4 is 16.7 Å². The van der Waals surface area contributed by atoms with Crippen LogP contribution in [0.1, 0.15) is 40.7 Å². The zero-order chi connectivity index (χ0) is 24.5. The van der Waals surface area contributed by atoms with E-state index in [-0.39, 0.29) is 12.7 Å². The third kappa shape index (κ3) is 4.74. The molecule has 3 aromatic carbocycles. The summed E-state index contributed by atoms with van der Waals surface area (Å²) in [5, 5.41) is 2.47. The molecule has 1 saturated heterocycles. The van der Waals surface area contributed by atoms with Crippen molar-refractivity contribution in [1.82, 2.24) is 9.80 Å². The molecule has 0 radical (unpaired) electrons. The smallest absolute Gasteiger partial charge is 0.254 e. The zero-order valence-corrected chi connectivity index (χ0v) is 21.0. The van der Waals surface area contributed by atoms with E-state index in [1.165, 1.54) is 35.6 Å². The maximum Gasteiger partial charge on any atom is 0.254 e. The van der Waals surface area contributed by atoms with Crippen molar-refractivity contribution in [2.24, 2.45) is 5.92 Å². The highest BCUT2D eigenvalue weighted by molar-refractivity contribution is 5.97. The summed E-state index contributed by atoms with van der Waals surface area (Å²) >= 11 is 0. The number of hydrogen-bond donors (Lipinski definition) is 0. The van der Waals surface area contributed by atoms with E-state index in [9.17, 15) is 4.79 Å². The number of carbonyl (C=O) groups excluding carboxylic acids is 1. The summed E-state index contributed by atoms with van der Waals surface area (Å²) in [5.74, 6) is 3.00. The molecule has 6 nitrogen and oxygen atoms in total. The molecule has 6 heteroatoms. The average molecular weight is 487 g/mol. The van der Waals surface area contributed by atoms with Crippen LogP contribution in [0.5, 0.6) is 17.2 Å². The van der Waals surface area contributed by atoms with Gasteiger partial charge in [0.1, 0.15) is 5.75 Å². The van der Waals surface area contributed by atoms with Crippen molar-refractivity contribution < 1.29 is 19.0 Å². The van der Waals surface area contributed by atoms with E-state index in [0.717, 1.165) is 68.2 Å². The summed E-state index contributed by atoms with van der Waals surface area (Å²) in [6.07, 6.45) is 5.57. The van der Waals surface area contributed by atoms with E-state index in [1.807, 2.05) is 18.2 Å². The number of methoxy groups -OCH3 is 1. The highest BCUT2D eigenvalue weighted by atomic mass is 16.7. The molecule has 3 heterocycles. The van der Waals surface area contributed by atoms with Crippen molar-refractivity contribution in [2.75, 3.05) is 46.6 Å². The molecule has 0 saturated carbocycles. The predicted molar refractivity (Wildman–Crippen MR) is 140 cm³/mol. The third-order valence-corrected chi connectivity index (χ3v) is 7.93. The van der Waals surface area contributed by atoms with Gasteiger partial charge in [0.25, 0.3) is 5.91 Å². The summed E-state index contributed by atoms with van der Waals surface area (Å²) in [4.78, 5) is 18.0. The maximum absolute atomic E-state index is 13.3. The van der Waals surface area contributed by atoms with Crippen LogP contribution in [0.3, 0.4) is 0 Å². The van der Waals surface area contributed by atoms with Crippen LogP contribution in [0.25, 0.3) is 10.8 Å². The van der Waals surface area contributed by atoms with E-state index in [1.54, 1.807) is 7.11 Å². The van der Waals surface area contributed by atoms with E-state index >= 15 is 0 Å². The van der Waals surface area contributed by atoms with Crippen LogP contribution in [0.4, 0.5) is 0 Å².